The van der Waals surface area contributed by atoms with Gasteiger partial charge in [-0.05, 0) is 60.7 Å². The fraction of sp³-hybridized carbons (Fsp3) is 0.360. The number of piperidine rings is 1. The number of methoxy groups -OCH3 is 2. The minimum absolute atomic E-state index is 0.0565. The summed E-state index contributed by atoms with van der Waals surface area (Å²) in [5, 5.41) is 2.88. The number of nitrogens with one attached hydrogen (secondary N) is 1. The molecule has 1 heterocycles. The smallest absolute Gasteiger partial charge is 0.246 e. The third kappa shape index (κ3) is 5.87. The van der Waals surface area contributed by atoms with Crippen LogP contribution < -0.4 is 14.8 Å². The summed E-state index contributed by atoms with van der Waals surface area (Å²) in [5.41, 5.74) is 2.14. The average Bonchev–Trinajstić information content (AvgIpc) is 2.82. The van der Waals surface area contributed by atoms with Crippen LogP contribution in [0.5, 0.6) is 11.5 Å². The number of aryl methyl sites for hydroxylation is 1. The van der Waals surface area contributed by atoms with Gasteiger partial charge < -0.3 is 19.7 Å². The van der Waals surface area contributed by atoms with E-state index in [4.69, 9.17) is 9.47 Å². The molecule has 2 aromatic carbocycles. The Kier molecular flexibility index (Phi) is 7.87. The van der Waals surface area contributed by atoms with Gasteiger partial charge in [0, 0.05) is 31.6 Å². The molecule has 1 fully saturated rings. The van der Waals surface area contributed by atoms with E-state index in [1.165, 1.54) is 12.1 Å². The lowest BCUT2D eigenvalue weighted by atomic mass is 9.95. The van der Waals surface area contributed by atoms with Crippen molar-refractivity contribution in [1.29, 1.82) is 0 Å². The van der Waals surface area contributed by atoms with Gasteiger partial charge >= 0.3 is 0 Å². The Balaban J connectivity index is 1.48. The van der Waals surface area contributed by atoms with Crippen molar-refractivity contribution in [2.24, 2.45) is 5.92 Å². The van der Waals surface area contributed by atoms with Crippen LogP contribution in [0.3, 0.4) is 0 Å². The molecule has 32 heavy (non-hydrogen) atoms. The molecule has 1 saturated heterocycles. The zero-order valence-corrected chi connectivity index (χ0v) is 18.7. The lowest BCUT2D eigenvalue weighted by molar-refractivity contribution is -0.132. The van der Waals surface area contributed by atoms with Gasteiger partial charge in [0.25, 0.3) is 0 Å². The number of nitrogens with zero attached hydrogens (tertiary/aromatic N) is 1. The quantitative estimate of drug-likeness (QED) is 0.667. The standard InChI is InChI=1S/C25H29FN2O4/c1-17-4-5-19(14-21(17)26)16-27-25(30)20-10-12-28(13-11-20)24(29)9-7-18-6-8-22(31-2)23(15-18)32-3/h4-9,14-15,20H,10-13,16H2,1-3H3,(H,27,30). The Morgan fingerprint density at radius 2 is 1.81 bits per heavy atom. The van der Waals surface area contributed by atoms with E-state index in [0.717, 1.165) is 11.1 Å². The third-order valence-electron chi connectivity index (χ3n) is 5.71. The summed E-state index contributed by atoms with van der Waals surface area (Å²) in [6.45, 7) is 3.04. The van der Waals surface area contributed by atoms with Crippen LogP contribution in [0.2, 0.25) is 0 Å². The Labute approximate surface area is 188 Å². The monoisotopic (exact) mass is 440 g/mol. The Morgan fingerprint density at radius 1 is 1.09 bits per heavy atom. The predicted molar refractivity (Wildman–Crippen MR) is 121 cm³/mol. The summed E-state index contributed by atoms with van der Waals surface area (Å²) in [5.74, 6) is 0.660. The van der Waals surface area contributed by atoms with Crippen molar-refractivity contribution < 1.29 is 23.5 Å². The summed E-state index contributed by atoms with van der Waals surface area (Å²) in [6.07, 6.45) is 4.48. The first-order chi connectivity index (χ1) is 15.4. The van der Waals surface area contributed by atoms with Gasteiger partial charge in [0.2, 0.25) is 11.8 Å². The number of amides is 2. The molecule has 0 saturated carbocycles. The number of halogens is 1. The van der Waals surface area contributed by atoms with E-state index in [-0.39, 0.29) is 23.5 Å². The van der Waals surface area contributed by atoms with Gasteiger partial charge in [0.15, 0.2) is 11.5 Å². The highest BCUT2D eigenvalue weighted by Crippen LogP contribution is 2.28. The molecule has 0 spiro atoms. The van der Waals surface area contributed by atoms with Gasteiger partial charge in [-0.25, -0.2) is 4.39 Å². The molecule has 1 N–H and O–H groups in total. The van der Waals surface area contributed by atoms with Crippen LogP contribution in [0.15, 0.2) is 42.5 Å². The van der Waals surface area contributed by atoms with E-state index in [1.807, 2.05) is 12.1 Å². The second-order valence-electron chi connectivity index (χ2n) is 7.85. The zero-order valence-electron chi connectivity index (χ0n) is 18.7. The van der Waals surface area contributed by atoms with Crippen LogP contribution >= 0.6 is 0 Å². The molecular weight excluding hydrogens is 411 g/mol. The number of rotatable bonds is 7. The topological polar surface area (TPSA) is 67.9 Å². The van der Waals surface area contributed by atoms with Crippen LogP contribution in [-0.2, 0) is 16.1 Å². The summed E-state index contributed by atoms with van der Waals surface area (Å²) in [7, 11) is 3.14. The lowest BCUT2D eigenvalue weighted by Gasteiger charge is -2.30. The number of hydrogen-bond acceptors (Lipinski definition) is 4. The SMILES string of the molecule is COc1ccc(C=CC(=O)N2CCC(C(=O)NCc3ccc(C)c(F)c3)CC2)cc1OC. The molecule has 7 heteroatoms. The number of ether oxygens (including phenoxy) is 2. The molecule has 1 aliphatic heterocycles. The van der Waals surface area contributed by atoms with E-state index in [2.05, 4.69) is 5.32 Å². The van der Waals surface area contributed by atoms with Crippen molar-refractivity contribution >= 4 is 17.9 Å². The molecule has 170 valence electrons. The normalized spacial score (nSPS) is 14.4. The molecule has 0 aliphatic carbocycles. The van der Waals surface area contributed by atoms with E-state index >= 15 is 0 Å². The second kappa shape index (κ2) is 10.8. The Hall–Kier alpha value is -3.35. The van der Waals surface area contributed by atoms with Gasteiger partial charge in [-0.1, -0.05) is 18.2 Å². The van der Waals surface area contributed by atoms with Gasteiger partial charge in [-0.15, -0.1) is 0 Å². The minimum Gasteiger partial charge on any atom is -0.493 e. The maximum absolute atomic E-state index is 13.7. The zero-order chi connectivity index (χ0) is 23.1. The summed E-state index contributed by atoms with van der Waals surface area (Å²) in [6, 6.07) is 10.4. The Bertz CT molecular complexity index is 997. The van der Waals surface area contributed by atoms with E-state index in [1.54, 1.807) is 50.3 Å². The first kappa shape index (κ1) is 23.3. The van der Waals surface area contributed by atoms with Crippen molar-refractivity contribution in [3.8, 4) is 11.5 Å². The van der Waals surface area contributed by atoms with Gasteiger partial charge in [0.1, 0.15) is 5.82 Å². The minimum atomic E-state index is -0.273. The van der Waals surface area contributed by atoms with E-state index in [9.17, 15) is 14.0 Å². The molecule has 0 atom stereocenters. The lowest BCUT2D eigenvalue weighted by Crippen LogP contribution is -2.42. The number of likely N-dealkylation sites (tertiary alicyclic amines) is 1. The number of carbonyl (C=O) groups excluding carboxylic acids is 2. The number of benzene rings is 2. The van der Waals surface area contributed by atoms with E-state index < -0.39 is 0 Å². The molecule has 0 aromatic heterocycles. The van der Waals surface area contributed by atoms with E-state index in [0.29, 0.717) is 49.5 Å². The van der Waals surface area contributed by atoms with Crippen LogP contribution in [0.4, 0.5) is 4.39 Å². The third-order valence-corrected chi connectivity index (χ3v) is 5.71. The van der Waals surface area contributed by atoms with Crippen molar-refractivity contribution in [2.45, 2.75) is 26.3 Å². The molecule has 2 aromatic rings. The highest BCUT2D eigenvalue weighted by Gasteiger charge is 2.26. The number of hydrogen-bond donors (Lipinski definition) is 1. The molecule has 0 radical (unpaired) electrons. The van der Waals surface area contributed by atoms with Crippen molar-refractivity contribution in [3.05, 3.63) is 65.0 Å². The first-order valence-corrected chi connectivity index (χ1v) is 10.6. The molecule has 6 nitrogen and oxygen atoms in total. The molecule has 2 amide bonds. The maximum Gasteiger partial charge on any atom is 0.246 e. The van der Waals surface area contributed by atoms with Crippen LogP contribution in [-0.4, -0.2) is 44.0 Å². The predicted octanol–water partition coefficient (Wildman–Crippen LogP) is 3.72. The Morgan fingerprint density at radius 3 is 2.47 bits per heavy atom. The van der Waals surface area contributed by atoms with Crippen molar-refractivity contribution in [2.75, 3.05) is 27.3 Å². The molecular formula is C25H29FN2O4. The second-order valence-corrected chi connectivity index (χ2v) is 7.85. The highest BCUT2D eigenvalue weighted by molar-refractivity contribution is 5.92. The van der Waals surface area contributed by atoms with Crippen molar-refractivity contribution in [1.82, 2.24) is 10.2 Å². The van der Waals surface area contributed by atoms with Crippen LogP contribution in [0.1, 0.15) is 29.5 Å². The largest absolute Gasteiger partial charge is 0.493 e. The summed E-state index contributed by atoms with van der Waals surface area (Å²) < 4.78 is 24.2. The van der Waals surface area contributed by atoms with Gasteiger partial charge in [0.05, 0.1) is 14.2 Å². The summed E-state index contributed by atoms with van der Waals surface area (Å²) >= 11 is 0. The van der Waals surface area contributed by atoms with Crippen molar-refractivity contribution in [3.63, 3.8) is 0 Å². The van der Waals surface area contributed by atoms with Crippen LogP contribution in [0, 0.1) is 18.7 Å². The maximum atomic E-state index is 13.7. The van der Waals surface area contributed by atoms with Crippen LogP contribution in [0.25, 0.3) is 6.08 Å². The molecule has 3 rings (SSSR count). The van der Waals surface area contributed by atoms with Gasteiger partial charge in [-0.2, -0.15) is 0 Å². The summed E-state index contributed by atoms with van der Waals surface area (Å²) in [4.78, 5) is 26.8. The fourth-order valence-electron chi connectivity index (χ4n) is 3.67. The van der Waals surface area contributed by atoms with Gasteiger partial charge in [-0.3, -0.25) is 9.59 Å². The first-order valence-electron chi connectivity index (χ1n) is 10.6. The highest BCUT2D eigenvalue weighted by atomic mass is 19.1. The average molecular weight is 441 g/mol. The fourth-order valence-corrected chi connectivity index (χ4v) is 3.67. The molecule has 0 unspecified atom stereocenters. The molecule has 0 bridgehead atoms. The molecule has 1 aliphatic rings. The number of carbonyl (C=O) groups is 2.